The molecule has 45 heavy (non-hydrogen) atoms. The van der Waals surface area contributed by atoms with E-state index in [0.29, 0.717) is 31.2 Å². The summed E-state index contributed by atoms with van der Waals surface area (Å²) < 4.78 is 0. The predicted octanol–water partition coefficient (Wildman–Crippen LogP) is 4.65. The molecule has 0 aromatic rings. The molecule has 0 aromatic carbocycles. The molecule has 258 valence electrons. The van der Waals surface area contributed by atoms with E-state index in [9.17, 15) is 28.8 Å². The lowest BCUT2D eigenvalue weighted by molar-refractivity contribution is -0.134. The van der Waals surface area contributed by atoms with Crippen LogP contribution in [0.5, 0.6) is 0 Å². The summed E-state index contributed by atoms with van der Waals surface area (Å²) in [6.07, 6.45) is 8.35. The van der Waals surface area contributed by atoms with E-state index in [1.165, 1.54) is 0 Å². The number of unbranched alkanes of at least 4 members (excludes halogenated alkanes) is 1. The number of carbonyl (C=O) groups excluding carboxylic acids is 6. The van der Waals surface area contributed by atoms with Gasteiger partial charge in [0.05, 0.1) is 12.1 Å². The van der Waals surface area contributed by atoms with E-state index in [1.54, 1.807) is 6.92 Å². The highest BCUT2D eigenvalue weighted by molar-refractivity contribution is 5.95. The Morgan fingerprint density at radius 1 is 0.800 bits per heavy atom. The van der Waals surface area contributed by atoms with Gasteiger partial charge in [0, 0.05) is 50.5 Å². The molecule has 4 N–H and O–H groups in total. The highest BCUT2D eigenvalue weighted by Crippen LogP contribution is 2.31. The molecule has 10 nitrogen and oxygen atoms in total. The molecule has 1 saturated carbocycles. The molecule has 0 spiro atoms. The molecule has 0 heterocycles. The minimum absolute atomic E-state index is 0.0193. The van der Waals surface area contributed by atoms with Gasteiger partial charge in [-0.2, -0.15) is 0 Å². The first-order valence-corrected chi connectivity index (χ1v) is 17.4. The number of rotatable bonds is 24. The summed E-state index contributed by atoms with van der Waals surface area (Å²) in [6.45, 7) is 13.7. The molecule has 0 saturated heterocycles. The largest absolute Gasteiger partial charge is 0.370 e. The predicted molar refractivity (Wildman–Crippen MR) is 177 cm³/mol. The van der Waals surface area contributed by atoms with Gasteiger partial charge in [-0.1, -0.05) is 52.9 Å². The summed E-state index contributed by atoms with van der Waals surface area (Å²) in [7, 11) is 0. The lowest BCUT2D eigenvalue weighted by Gasteiger charge is -2.28. The second kappa shape index (κ2) is 22.0. The highest BCUT2D eigenvalue weighted by atomic mass is 16.2. The molecule has 0 aromatic heterocycles. The van der Waals surface area contributed by atoms with E-state index >= 15 is 0 Å². The number of carbonyl (C=O) groups is 6. The van der Waals surface area contributed by atoms with Crippen molar-refractivity contribution >= 4 is 35.1 Å². The van der Waals surface area contributed by atoms with Gasteiger partial charge in [-0.3, -0.25) is 28.8 Å². The molecule has 1 fully saturated rings. The van der Waals surface area contributed by atoms with Crippen LogP contribution >= 0.6 is 0 Å². The maximum atomic E-state index is 13.8. The van der Waals surface area contributed by atoms with Crippen molar-refractivity contribution in [1.82, 2.24) is 15.5 Å². The Morgan fingerprint density at radius 2 is 1.47 bits per heavy atom. The Kier molecular flexibility index (Phi) is 19.8. The van der Waals surface area contributed by atoms with Crippen molar-refractivity contribution in [2.75, 3.05) is 13.1 Å². The first-order valence-electron chi connectivity index (χ1n) is 17.4. The van der Waals surface area contributed by atoms with Gasteiger partial charge in [-0.05, 0) is 71.4 Å². The quantitative estimate of drug-likeness (QED) is 0.131. The topological polar surface area (TPSA) is 156 Å². The second-order valence-corrected chi connectivity index (χ2v) is 13.7. The number of primary amides is 1. The lowest BCUT2D eigenvalue weighted by Crippen LogP contribution is -2.46. The molecule has 1 aliphatic carbocycles. The summed E-state index contributed by atoms with van der Waals surface area (Å²) in [5, 5.41) is 5.66. The normalized spacial score (nSPS) is 15.9. The Balaban J connectivity index is 2.94. The maximum absolute atomic E-state index is 13.8. The fourth-order valence-electron chi connectivity index (χ4n) is 6.20. The average Bonchev–Trinajstić information content (AvgIpc) is 2.97. The van der Waals surface area contributed by atoms with Crippen LogP contribution < -0.4 is 16.4 Å². The van der Waals surface area contributed by atoms with Gasteiger partial charge in [-0.15, -0.1) is 0 Å². The monoisotopic (exact) mass is 634 g/mol. The Bertz CT molecular complexity index is 960. The number of nitrogens with zero attached hydrogens (tertiary/aromatic N) is 1. The van der Waals surface area contributed by atoms with Gasteiger partial charge in [0.2, 0.25) is 17.7 Å². The Hall–Kier alpha value is -2.62. The van der Waals surface area contributed by atoms with Crippen molar-refractivity contribution in [3.05, 3.63) is 0 Å². The van der Waals surface area contributed by atoms with E-state index < -0.39 is 23.9 Å². The molecule has 10 heteroatoms. The first-order chi connectivity index (χ1) is 21.2. The number of ketones is 3. The smallest absolute Gasteiger partial charge is 0.224 e. The van der Waals surface area contributed by atoms with Gasteiger partial charge in [0.15, 0.2) is 11.6 Å². The molecule has 0 bridgehead atoms. The zero-order valence-corrected chi connectivity index (χ0v) is 29.0. The molecule has 0 radical (unpaired) electrons. The summed E-state index contributed by atoms with van der Waals surface area (Å²) in [5.74, 6) is -1.80. The number of nitrogens with one attached hydrogen (secondary N) is 2. The van der Waals surface area contributed by atoms with Crippen LogP contribution in [0, 0.1) is 17.8 Å². The van der Waals surface area contributed by atoms with Crippen molar-refractivity contribution < 1.29 is 28.8 Å². The minimum atomic E-state index is -0.796. The Labute approximate surface area is 271 Å². The molecule has 1 rings (SSSR count). The summed E-state index contributed by atoms with van der Waals surface area (Å²) in [5.41, 5.74) is 5.30. The van der Waals surface area contributed by atoms with Crippen LogP contribution in [0.15, 0.2) is 0 Å². The van der Waals surface area contributed by atoms with Crippen LogP contribution in [0.25, 0.3) is 0 Å². The molecule has 3 amide bonds. The fraction of sp³-hybridized carbons (Fsp3) is 0.829. The molecule has 3 atom stereocenters. The van der Waals surface area contributed by atoms with E-state index in [2.05, 4.69) is 36.3 Å². The number of amides is 3. The average molecular weight is 635 g/mol. The van der Waals surface area contributed by atoms with Crippen molar-refractivity contribution in [1.29, 1.82) is 0 Å². The first kappa shape index (κ1) is 40.4. The number of Topliss-reactive ketones (excluding diaryl/α,β-unsaturated/α-hetero) is 3. The van der Waals surface area contributed by atoms with Gasteiger partial charge in [0.25, 0.3) is 0 Å². The zero-order valence-electron chi connectivity index (χ0n) is 29.0. The SMILES string of the molecule is CCN(CCCC[C@H](NC(=O)C(CC(=O)[C@H](C)NC(=O)CCC(=O)CC(C)C)CC1CCCCC1)C(=O)CCC(N)=O)C(C)C. The van der Waals surface area contributed by atoms with Crippen LogP contribution in [0.3, 0.4) is 0 Å². The van der Waals surface area contributed by atoms with E-state index in [4.69, 9.17) is 5.73 Å². The maximum Gasteiger partial charge on any atom is 0.224 e. The van der Waals surface area contributed by atoms with Crippen molar-refractivity contribution in [2.45, 2.75) is 156 Å². The third kappa shape index (κ3) is 17.6. The molecule has 1 aliphatic rings. The molecular weight excluding hydrogens is 572 g/mol. The summed E-state index contributed by atoms with van der Waals surface area (Å²) >= 11 is 0. The number of hydrogen-bond acceptors (Lipinski definition) is 7. The van der Waals surface area contributed by atoms with Gasteiger partial charge < -0.3 is 21.3 Å². The standard InChI is InChI=1S/C35H62N4O6/c1-7-39(25(4)5)20-12-11-15-30(31(41)17-18-33(36)43)38-35(45)28(22-27-13-9-8-10-14-27)23-32(42)26(6)37-34(44)19-16-29(40)21-24(2)3/h24-28,30H,7-23H2,1-6H3,(H2,36,43)(H,37,44)(H,38,45)/t26-,28?,30-/m0/s1. The molecular formula is C35H62N4O6. The van der Waals surface area contributed by atoms with Crippen LogP contribution in [0.2, 0.25) is 0 Å². The summed E-state index contributed by atoms with van der Waals surface area (Å²) in [6, 6.07) is -1.13. The van der Waals surface area contributed by atoms with Crippen LogP contribution in [0.1, 0.15) is 138 Å². The van der Waals surface area contributed by atoms with Crippen molar-refractivity contribution in [3.63, 3.8) is 0 Å². The second-order valence-electron chi connectivity index (χ2n) is 13.7. The molecule has 0 aliphatic heterocycles. The third-order valence-electron chi connectivity index (χ3n) is 8.94. The van der Waals surface area contributed by atoms with Gasteiger partial charge in [0.1, 0.15) is 5.78 Å². The zero-order chi connectivity index (χ0) is 33.9. The number of hydrogen-bond donors (Lipinski definition) is 3. The van der Waals surface area contributed by atoms with Crippen LogP contribution in [-0.4, -0.2) is 71.2 Å². The van der Waals surface area contributed by atoms with Crippen LogP contribution in [-0.2, 0) is 28.8 Å². The third-order valence-corrected chi connectivity index (χ3v) is 8.94. The summed E-state index contributed by atoms with van der Waals surface area (Å²) in [4.78, 5) is 78.4. The Morgan fingerprint density at radius 3 is 2.04 bits per heavy atom. The van der Waals surface area contributed by atoms with Crippen molar-refractivity contribution in [2.24, 2.45) is 23.5 Å². The van der Waals surface area contributed by atoms with Crippen LogP contribution in [0.4, 0.5) is 0 Å². The van der Waals surface area contributed by atoms with Crippen molar-refractivity contribution in [3.8, 4) is 0 Å². The molecule has 1 unspecified atom stereocenters. The van der Waals surface area contributed by atoms with E-state index in [-0.39, 0.29) is 67.2 Å². The minimum Gasteiger partial charge on any atom is -0.370 e. The fourth-order valence-corrected chi connectivity index (χ4v) is 6.20. The highest BCUT2D eigenvalue weighted by Gasteiger charge is 2.31. The number of nitrogens with two attached hydrogens (primary N) is 1. The van der Waals surface area contributed by atoms with Gasteiger partial charge >= 0.3 is 0 Å². The lowest BCUT2D eigenvalue weighted by atomic mass is 9.80. The van der Waals surface area contributed by atoms with E-state index in [1.807, 2.05) is 13.8 Å². The van der Waals surface area contributed by atoms with E-state index in [0.717, 1.165) is 58.0 Å². The van der Waals surface area contributed by atoms with Gasteiger partial charge in [-0.25, -0.2) is 0 Å².